The van der Waals surface area contributed by atoms with Crippen LogP contribution in [0.25, 0.3) is 10.9 Å². The summed E-state index contributed by atoms with van der Waals surface area (Å²) in [5, 5.41) is 29.9. The van der Waals surface area contributed by atoms with Crippen LogP contribution in [-0.2, 0) is 35.2 Å². The molecule has 1 aromatic heterocycles. The average molecular weight is 693 g/mol. The van der Waals surface area contributed by atoms with Crippen LogP contribution in [-0.4, -0.2) is 112 Å². The maximum Gasteiger partial charge on any atom is 0.326 e. The predicted molar refractivity (Wildman–Crippen MR) is 179 cm³/mol. The predicted octanol–water partition coefficient (Wildman–Crippen LogP) is -3.26. The van der Waals surface area contributed by atoms with Crippen molar-refractivity contribution < 1.29 is 39.0 Å². The number of aliphatic hydroxyl groups excluding tert-OH is 1. The summed E-state index contributed by atoms with van der Waals surface area (Å²) < 4.78 is 0. The Labute approximate surface area is 280 Å². The number of hydrogen-bond acceptors (Lipinski definition) is 10. The first-order chi connectivity index (χ1) is 22.8. The van der Waals surface area contributed by atoms with Gasteiger partial charge in [-0.05, 0) is 42.9 Å². The van der Waals surface area contributed by atoms with Crippen molar-refractivity contribution >= 4 is 64.1 Å². The Morgan fingerprint density at radius 1 is 0.875 bits per heavy atom. The lowest BCUT2D eigenvalue weighted by atomic mass is 10.0. The number of nitrogens with two attached hydrogens (primary N) is 4. The van der Waals surface area contributed by atoms with Crippen LogP contribution in [0.1, 0.15) is 31.2 Å². The number of rotatable bonds is 21. The number of carboxylic acid groups (broad SMARTS) is 1. The van der Waals surface area contributed by atoms with E-state index in [9.17, 15) is 39.0 Å². The Balaban J connectivity index is 2.28. The molecule has 0 aliphatic heterocycles. The molecule has 5 amide bonds. The lowest BCUT2D eigenvalue weighted by Gasteiger charge is -2.26. The maximum atomic E-state index is 13.7. The van der Waals surface area contributed by atoms with Crippen LogP contribution in [0.15, 0.2) is 35.5 Å². The number of carbonyl (C=O) groups is 6. The first-order valence-electron chi connectivity index (χ1n) is 15.0. The van der Waals surface area contributed by atoms with E-state index in [1.165, 1.54) is 11.8 Å². The van der Waals surface area contributed by atoms with Gasteiger partial charge < -0.3 is 59.4 Å². The Kier molecular flexibility index (Phi) is 16.1. The molecule has 0 unspecified atom stereocenters. The number of aliphatic imine (C=N–C) groups is 1. The number of para-hydroxylation sites is 1. The molecule has 5 atom stereocenters. The van der Waals surface area contributed by atoms with Gasteiger partial charge in [0.05, 0.1) is 19.1 Å². The first kappa shape index (κ1) is 39.3. The molecule has 0 saturated heterocycles. The second-order valence-corrected chi connectivity index (χ2v) is 11.8. The van der Waals surface area contributed by atoms with Crippen LogP contribution >= 0.6 is 11.8 Å². The van der Waals surface area contributed by atoms with Crippen LogP contribution in [0, 0.1) is 0 Å². The fourth-order valence-electron chi connectivity index (χ4n) is 4.58. The number of aromatic amines is 1. The number of hydrogen-bond donors (Lipinski definition) is 11. The molecule has 1 aromatic carbocycles. The van der Waals surface area contributed by atoms with Gasteiger partial charge in [-0.2, -0.15) is 11.8 Å². The highest BCUT2D eigenvalue weighted by molar-refractivity contribution is 7.98. The minimum Gasteiger partial charge on any atom is -0.480 e. The Bertz CT molecular complexity index is 1460. The zero-order valence-electron chi connectivity index (χ0n) is 26.4. The van der Waals surface area contributed by atoms with E-state index >= 15 is 0 Å². The number of nitrogens with one attached hydrogen (secondary N) is 5. The van der Waals surface area contributed by atoms with Crippen molar-refractivity contribution in [2.45, 2.75) is 62.3 Å². The van der Waals surface area contributed by atoms with Crippen molar-refractivity contribution in [2.75, 3.05) is 25.2 Å². The summed E-state index contributed by atoms with van der Waals surface area (Å²) in [6.45, 7) is -0.592. The highest BCUT2D eigenvalue weighted by atomic mass is 32.2. The van der Waals surface area contributed by atoms with Gasteiger partial charge in [-0.25, -0.2) is 4.79 Å². The van der Waals surface area contributed by atoms with Gasteiger partial charge in [0, 0.05) is 30.1 Å². The lowest BCUT2D eigenvalue weighted by Crippen LogP contribution is -2.59. The van der Waals surface area contributed by atoms with Gasteiger partial charge in [-0.3, -0.25) is 29.0 Å². The van der Waals surface area contributed by atoms with Crippen molar-refractivity contribution in [2.24, 2.45) is 27.9 Å². The van der Waals surface area contributed by atoms with Crippen LogP contribution in [0.5, 0.6) is 0 Å². The van der Waals surface area contributed by atoms with Crippen molar-refractivity contribution in [3.05, 3.63) is 36.0 Å². The molecule has 18 nitrogen and oxygen atoms in total. The largest absolute Gasteiger partial charge is 0.480 e. The van der Waals surface area contributed by atoms with Crippen molar-refractivity contribution in [1.29, 1.82) is 0 Å². The molecular weight excluding hydrogens is 648 g/mol. The molecule has 0 saturated carbocycles. The molecule has 0 radical (unpaired) electrons. The number of fused-ring (bicyclic) bond motifs is 1. The molecule has 0 aliphatic carbocycles. The van der Waals surface area contributed by atoms with E-state index in [-0.39, 0.29) is 31.8 Å². The van der Waals surface area contributed by atoms with E-state index < -0.39 is 78.7 Å². The zero-order chi connectivity index (χ0) is 35.8. The smallest absolute Gasteiger partial charge is 0.326 e. The van der Waals surface area contributed by atoms with Gasteiger partial charge in [0.1, 0.15) is 24.2 Å². The number of guanidine groups is 1. The summed E-state index contributed by atoms with van der Waals surface area (Å²) in [5.41, 5.74) is 23.0. The summed E-state index contributed by atoms with van der Waals surface area (Å²) in [6.07, 6.45) is 3.30. The number of nitrogens with zero attached hydrogens (tertiary/aromatic N) is 1. The highest BCUT2D eigenvalue weighted by Gasteiger charge is 2.32. The maximum absolute atomic E-state index is 13.7. The number of H-pyrrole nitrogens is 1. The molecule has 0 bridgehead atoms. The number of amides is 5. The minimum atomic E-state index is -1.63. The van der Waals surface area contributed by atoms with Gasteiger partial charge >= 0.3 is 5.97 Å². The van der Waals surface area contributed by atoms with E-state index in [1.807, 2.05) is 18.2 Å². The van der Waals surface area contributed by atoms with Crippen molar-refractivity contribution in [3.63, 3.8) is 0 Å². The summed E-state index contributed by atoms with van der Waals surface area (Å²) in [7, 11) is 0. The van der Waals surface area contributed by atoms with E-state index in [2.05, 4.69) is 31.2 Å². The number of aromatic nitrogens is 1. The molecule has 264 valence electrons. The number of thioether (sulfide) groups is 1. The van der Waals surface area contributed by atoms with Crippen LogP contribution in [0.4, 0.5) is 0 Å². The Morgan fingerprint density at radius 2 is 1.48 bits per heavy atom. The fraction of sp³-hybridized carbons (Fsp3) is 0.483. The summed E-state index contributed by atoms with van der Waals surface area (Å²) >= 11 is 1.37. The molecule has 0 spiro atoms. The topological polar surface area (TPSA) is 323 Å². The zero-order valence-corrected chi connectivity index (χ0v) is 27.3. The molecule has 0 aliphatic rings. The lowest BCUT2D eigenvalue weighted by molar-refractivity contribution is -0.143. The summed E-state index contributed by atoms with van der Waals surface area (Å²) in [4.78, 5) is 82.7. The number of benzene rings is 1. The number of aliphatic hydroxyl groups is 1. The quantitative estimate of drug-likeness (QED) is 0.0349. The van der Waals surface area contributed by atoms with Crippen LogP contribution in [0.3, 0.4) is 0 Å². The Hall–Kier alpha value is -4.88. The monoisotopic (exact) mass is 692 g/mol. The number of carboxylic acids is 1. The molecule has 48 heavy (non-hydrogen) atoms. The van der Waals surface area contributed by atoms with Crippen LogP contribution < -0.4 is 44.2 Å². The summed E-state index contributed by atoms with van der Waals surface area (Å²) in [6, 6.07) is 0.476. The third-order valence-corrected chi connectivity index (χ3v) is 7.76. The molecule has 2 aromatic rings. The number of carbonyl (C=O) groups excluding carboxylic acids is 5. The van der Waals surface area contributed by atoms with Gasteiger partial charge in [-0.1, -0.05) is 18.2 Å². The van der Waals surface area contributed by atoms with Crippen LogP contribution in [0.2, 0.25) is 0 Å². The highest BCUT2D eigenvalue weighted by Crippen LogP contribution is 2.19. The number of primary amides is 1. The molecular formula is C29H44N10O8S. The van der Waals surface area contributed by atoms with E-state index in [4.69, 9.17) is 22.9 Å². The molecule has 15 N–H and O–H groups in total. The van der Waals surface area contributed by atoms with Gasteiger partial charge in [-0.15, -0.1) is 0 Å². The number of aliphatic carboxylic acids is 1. The second-order valence-electron chi connectivity index (χ2n) is 10.8. The first-order valence-corrected chi connectivity index (χ1v) is 16.3. The second kappa shape index (κ2) is 19.7. The van der Waals surface area contributed by atoms with Gasteiger partial charge in [0.2, 0.25) is 29.5 Å². The fourth-order valence-corrected chi connectivity index (χ4v) is 5.05. The van der Waals surface area contributed by atoms with Gasteiger partial charge in [0.15, 0.2) is 5.96 Å². The minimum absolute atomic E-state index is 0.0751. The van der Waals surface area contributed by atoms with Crippen molar-refractivity contribution in [1.82, 2.24) is 26.3 Å². The van der Waals surface area contributed by atoms with Crippen molar-refractivity contribution in [3.8, 4) is 0 Å². The molecule has 2 rings (SSSR count). The SMILES string of the molecule is CSCC[C@H](NC(=O)[C@H](Cc1c[nH]c2ccccc12)NC(=O)[C@H](CO)NC(=O)[C@@H](N)CCCN=C(N)N)C(=O)N[C@@H](CC(N)=O)C(=O)O. The summed E-state index contributed by atoms with van der Waals surface area (Å²) in [5.74, 6) is -5.50. The Morgan fingerprint density at radius 3 is 2.10 bits per heavy atom. The van der Waals surface area contributed by atoms with E-state index in [1.54, 1.807) is 18.5 Å². The standard InChI is InChI=1S/C29H44N10O8S/c1-48-10-8-19(25(43)38-21(28(46)47)12-23(31)41)36-26(44)20(11-15-13-35-18-7-3-2-5-16(15)18)37-27(45)22(14-40)39-24(42)17(30)6-4-9-34-29(32)33/h2-3,5,7,13,17,19-22,35,40H,4,6,8-12,14,30H2,1H3,(H2,31,41)(H,36,44)(H,37,45)(H,38,43)(H,39,42)(H,46,47)(H4,32,33,34)/t17-,19-,20-,21-,22-/m0/s1. The van der Waals surface area contributed by atoms with E-state index in [0.29, 0.717) is 17.7 Å². The molecule has 0 fully saturated rings. The molecule has 1 heterocycles. The normalized spacial score (nSPS) is 14.1. The average Bonchev–Trinajstić information content (AvgIpc) is 3.44. The van der Waals surface area contributed by atoms with Gasteiger partial charge in [0.25, 0.3) is 0 Å². The third-order valence-electron chi connectivity index (χ3n) is 7.12. The third kappa shape index (κ3) is 12.7. The van der Waals surface area contributed by atoms with E-state index in [0.717, 1.165) is 10.9 Å². The molecule has 19 heteroatoms.